The van der Waals surface area contributed by atoms with Crippen molar-refractivity contribution < 1.29 is 13.2 Å². The topological polar surface area (TPSA) is 55.4 Å². The monoisotopic (exact) mass is 423 g/mol. The van der Waals surface area contributed by atoms with E-state index in [9.17, 15) is 8.42 Å². The van der Waals surface area contributed by atoms with Crippen molar-refractivity contribution in [2.45, 2.75) is 44.1 Å². The normalized spacial score (nSPS) is 12.7. The van der Waals surface area contributed by atoms with Crippen molar-refractivity contribution in [1.29, 1.82) is 0 Å². The second-order valence-electron chi connectivity index (χ2n) is 7.70. The third kappa shape index (κ3) is 5.94. The van der Waals surface area contributed by atoms with Crippen LogP contribution >= 0.6 is 0 Å². The number of rotatable bonds is 9. The Balaban J connectivity index is 1.74. The van der Waals surface area contributed by atoms with Crippen LogP contribution in [0.25, 0.3) is 0 Å². The summed E-state index contributed by atoms with van der Waals surface area (Å²) in [5.41, 5.74) is 3.32. The van der Waals surface area contributed by atoms with Crippen molar-refractivity contribution in [2.75, 3.05) is 6.54 Å². The molecule has 30 heavy (non-hydrogen) atoms. The Morgan fingerprint density at radius 3 is 2.03 bits per heavy atom. The molecule has 0 bridgehead atoms. The largest absolute Gasteiger partial charge is 0.491 e. The molecular weight excluding hydrogens is 394 g/mol. The number of hydrogen-bond acceptors (Lipinski definition) is 3. The highest BCUT2D eigenvalue weighted by atomic mass is 32.2. The average Bonchev–Trinajstić information content (AvgIpc) is 2.72. The smallest absolute Gasteiger partial charge is 0.240 e. The maximum absolute atomic E-state index is 12.6. The number of hydrogen-bond donors (Lipinski definition) is 1. The summed E-state index contributed by atoms with van der Waals surface area (Å²) in [6, 6.07) is 25.1. The van der Waals surface area contributed by atoms with Crippen LogP contribution in [0.5, 0.6) is 5.75 Å². The van der Waals surface area contributed by atoms with E-state index >= 15 is 0 Å². The highest BCUT2D eigenvalue weighted by Crippen LogP contribution is 2.29. The summed E-state index contributed by atoms with van der Waals surface area (Å²) in [6.07, 6.45) is 0.774. The van der Waals surface area contributed by atoms with Crippen molar-refractivity contribution in [3.63, 3.8) is 0 Å². The van der Waals surface area contributed by atoms with Crippen molar-refractivity contribution in [2.24, 2.45) is 0 Å². The quantitative estimate of drug-likeness (QED) is 0.509. The molecule has 0 aliphatic carbocycles. The molecule has 3 aromatic rings. The van der Waals surface area contributed by atoms with Gasteiger partial charge in [0.05, 0.1) is 11.0 Å². The molecule has 0 unspecified atom stereocenters. The van der Waals surface area contributed by atoms with Crippen LogP contribution < -0.4 is 9.46 Å². The van der Waals surface area contributed by atoms with Gasteiger partial charge in [-0.05, 0) is 62.6 Å². The van der Waals surface area contributed by atoms with Crippen LogP contribution in [0.1, 0.15) is 42.9 Å². The summed E-state index contributed by atoms with van der Waals surface area (Å²) in [4.78, 5) is 0.291. The Hall–Kier alpha value is -2.63. The molecule has 0 fully saturated rings. The van der Waals surface area contributed by atoms with E-state index in [1.54, 1.807) is 12.1 Å². The Labute approximate surface area is 180 Å². The first-order valence-corrected chi connectivity index (χ1v) is 11.7. The molecule has 1 atom stereocenters. The van der Waals surface area contributed by atoms with Gasteiger partial charge < -0.3 is 4.74 Å². The van der Waals surface area contributed by atoms with Gasteiger partial charge >= 0.3 is 0 Å². The SMILES string of the molecule is Cc1ccc(S(=O)(=O)NCC[C@@H](c2ccccc2)c2ccc(OC(C)C)cc2)cc1. The van der Waals surface area contributed by atoms with Crippen LogP contribution in [0.15, 0.2) is 83.8 Å². The van der Waals surface area contributed by atoms with Crippen LogP contribution in [-0.2, 0) is 10.0 Å². The molecule has 0 radical (unpaired) electrons. The fourth-order valence-electron chi connectivity index (χ4n) is 3.40. The van der Waals surface area contributed by atoms with Gasteiger partial charge in [0, 0.05) is 12.5 Å². The van der Waals surface area contributed by atoms with Gasteiger partial charge in [-0.2, -0.15) is 0 Å². The van der Waals surface area contributed by atoms with Gasteiger partial charge in [0.15, 0.2) is 0 Å². The number of aryl methyl sites for hydroxylation is 1. The molecule has 0 saturated heterocycles. The molecule has 1 N–H and O–H groups in total. The van der Waals surface area contributed by atoms with Crippen molar-refractivity contribution in [1.82, 2.24) is 4.72 Å². The van der Waals surface area contributed by atoms with Crippen LogP contribution in [0.4, 0.5) is 0 Å². The molecule has 0 heterocycles. The van der Waals surface area contributed by atoms with E-state index in [-0.39, 0.29) is 12.0 Å². The number of nitrogens with one attached hydrogen (secondary N) is 1. The standard InChI is InChI=1S/C25H29NO3S/c1-19(2)29-23-13-11-22(12-14-23)25(21-7-5-4-6-8-21)17-18-26-30(27,28)24-15-9-20(3)10-16-24/h4-16,19,25-26H,17-18H2,1-3H3/t25-/m0/s1. The summed E-state index contributed by atoms with van der Waals surface area (Å²) in [6.45, 7) is 6.29. The van der Waals surface area contributed by atoms with Gasteiger partial charge in [-0.3, -0.25) is 0 Å². The van der Waals surface area contributed by atoms with E-state index in [1.807, 2.05) is 63.2 Å². The molecule has 0 aliphatic rings. The highest BCUT2D eigenvalue weighted by molar-refractivity contribution is 7.89. The first kappa shape index (κ1) is 22.1. The molecule has 0 saturated carbocycles. The van der Waals surface area contributed by atoms with Gasteiger partial charge in [-0.1, -0.05) is 60.2 Å². The van der Waals surface area contributed by atoms with E-state index in [0.717, 1.165) is 22.4 Å². The molecule has 3 rings (SSSR count). The maximum atomic E-state index is 12.6. The van der Waals surface area contributed by atoms with Crippen LogP contribution in [0.2, 0.25) is 0 Å². The molecule has 0 aromatic heterocycles. The minimum Gasteiger partial charge on any atom is -0.491 e. The summed E-state index contributed by atoms with van der Waals surface area (Å²) < 4.78 is 33.7. The van der Waals surface area contributed by atoms with E-state index in [1.165, 1.54) is 0 Å². The zero-order valence-corrected chi connectivity index (χ0v) is 18.5. The summed E-state index contributed by atoms with van der Waals surface area (Å²) in [5.74, 6) is 0.917. The van der Waals surface area contributed by atoms with Crippen molar-refractivity contribution >= 4 is 10.0 Å². The minimum atomic E-state index is -3.53. The Morgan fingerprint density at radius 2 is 1.43 bits per heavy atom. The highest BCUT2D eigenvalue weighted by Gasteiger charge is 2.18. The first-order valence-electron chi connectivity index (χ1n) is 10.2. The van der Waals surface area contributed by atoms with Crippen molar-refractivity contribution in [3.8, 4) is 5.75 Å². The minimum absolute atomic E-state index is 0.0833. The molecule has 0 amide bonds. The van der Waals surface area contributed by atoms with E-state index in [4.69, 9.17) is 4.74 Å². The Bertz CT molecular complexity index is 1030. The lowest BCUT2D eigenvalue weighted by Gasteiger charge is -2.19. The van der Waals surface area contributed by atoms with Crippen LogP contribution in [-0.4, -0.2) is 21.1 Å². The third-order valence-electron chi connectivity index (χ3n) is 4.91. The lowest BCUT2D eigenvalue weighted by molar-refractivity contribution is 0.242. The maximum Gasteiger partial charge on any atom is 0.240 e. The van der Waals surface area contributed by atoms with Crippen molar-refractivity contribution in [3.05, 3.63) is 95.6 Å². The number of sulfonamides is 1. The Kier molecular flexibility index (Phi) is 7.29. The Morgan fingerprint density at radius 1 is 0.833 bits per heavy atom. The molecule has 158 valence electrons. The van der Waals surface area contributed by atoms with Crippen LogP contribution in [0, 0.1) is 6.92 Å². The second kappa shape index (κ2) is 9.92. The van der Waals surface area contributed by atoms with Gasteiger partial charge in [0.25, 0.3) is 0 Å². The molecule has 4 nitrogen and oxygen atoms in total. The molecule has 0 aliphatic heterocycles. The van der Waals surface area contributed by atoms with E-state index < -0.39 is 10.0 Å². The van der Waals surface area contributed by atoms with E-state index in [2.05, 4.69) is 29.0 Å². The molecular formula is C25H29NO3S. The summed E-state index contributed by atoms with van der Waals surface area (Å²) >= 11 is 0. The molecule has 5 heteroatoms. The zero-order chi connectivity index (χ0) is 21.6. The van der Waals surface area contributed by atoms with Gasteiger partial charge in [-0.15, -0.1) is 0 Å². The second-order valence-corrected chi connectivity index (χ2v) is 9.47. The lowest BCUT2D eigenvalue weighted by atomic mass is 9.88. The third-order valence-corrected chi connectivity index (χ3v) is 6.39. The number of benzene rings is 3. The van der Waals surface area contributed by atoms with Gasteiger partial charge in [0.2, 0.25) is 10.0 Å². The van der Waals surface area contributed by atoms with E-state index in [0.29, 0.717) is 17.9 Å². The van der Waals surface area contributed by atoms with Gasteiger partial charge in [0.1, 0.15) is 5.75 Å². The predicted octanol–water partition coefficient (Wildman–Crippen LogP) is 5.28. The van der Waals surface area contributed by atoms with Gasteiger partial charge in [-0.25, -0.2) is 13.1 Å². The average molecular weight is 424 g/mol. The lowest BCUT2D eigenvalue weighted by Crippen LogP contribution is -2.26. The molecule has 0 spiro atoms. The zero-order valence-electron chi connectivity index (χ0n) is 17.7. The van der Waals surface area contributed by atoms with Crippen LogP contribution in [0.3, 0.4) is 0 Å². The summed E-state index contributed by atoms with van der Waals surface area (Å²) in [7, 11) is -3.53. The summed E-state index contributed by atoms with van der Waals surface area (Å²) in [5, 5.41) is 0. The fraction of sp³-hybridized carbons (Fsp3) is 0.280. The molecule has 3 aromatic carbocycles. The number of ether oxygens (including phenoxy) is 1. The predicted molar refractivity (Wildman–Crippen MR) is 121 cm³/mol. The fourth-order valence-corrected chi connectivity index (χ4v) is 4.45. The first-order chi connectivity index (χ1) is 14.3.